The molecule has 0 saturated carbocycles. The van der Waals surface area contributed by atoms with Gasteiger partial charge < -0.3 is 15.7 Å². The highest BCUT2D eigenvalue weighted by Crippen LogP contribution is 2.38. The highest BCUT2D eigenvalue weighted by molar-refractivity contribution is 7.90. The zero-order chi connectivity index (χ0) is 23.9. The molecule has 0 bridgehead atoms. The molecule has 174 valence electrons. The van der Waals surface area contributed by atoms with Gasteiger partial charge in [-0.1, -0.05) is 45.2 Å². The Morgan fingerprint density at radius 2 is 2.09 bits per heavy atom. The molecular weight excluding hydrogens is 422 g/mol. The van der Waals surface area contributed by atoms with E-state index in [-0.39, 0.29) is 24.4 Å². The Kier molecular flexibility index (Phi) is 9.17. The number of allylic oxidation sites excluding steroid dienone is 5. The average molecular weight is 458 g/mol. The number of rotatable bonds is 8. The van der Waals surface area contributed by atoms with Crippen molar-refractivity contribution in [2.45, 2.75) is 46.1 Å². The van der Waals surface area contributed by atoms with Crippen LogP contribution in [0.5, 0.6) is 0 Å². The summed E-state index contributed by atoms with van der Waals surface area (Å²) in [6.45, 7) is 14.9. The fourth-order valence-corrected chi connectivity index (χ4v) is 5.15. The lowest BCUT2D eigenvalue weighted by Gasteiger charge is -2.38. The smallest absolute Gasteiger partial charge is 0.137 e. The highest BCUT2D eigenvalue weighted by Gasteiger charge is 2.37. The summed E-state index contributed by atoms with van der Waals surface area (Å²) >= 11 is 0. The number of amidine groups is 2. The minimum atomic E-state index is -1.25. The standard InChI is InChI=1S/C24H35N5O2S/c1-6-7-8-18(4)24(16-25)10-12-29(13-11-24)19(5)27-20-9-14-32(31)22(20)23(26)28-21(15-30)17(2)3/h6-8,17,21,30H,1,4,9-15H2,2-3,5H3,(H2,26,28)/b8-7-,27-19?. The minimum absolute atomic E-state index is 0.113. The third-order valence-corrected chi connectivity index (χ3v) is 7.62. The van der Waals surface area contributed by atoms with Gasteiger partial charge in [0.05, 0.1) is 40.6 Å². The van der Waals surface area contributed by atoms with Crippen LogP contribution in [-0.4, -0.2) is 57.4 Å². The van der Waals surface area contributed by atoms with Gasteiger partial charge in [0.15, 0.2) is 0 Å². The molecule has 2 aliphatic heterocycles. The second kappa shape index (κ2) is 11.4. The maximum Gasteiger partial charge on any atom is 0.137 e. The molecular formula is C24H35N5O2S. The van der Waals surface area contributed by atoms with Crippen molar-refractivity contribution in [1.29, 1.82) is 5.26 Å². The van der Waals surface area contributed by atoms with Gasteiger partial charge in [0.2, 0.25) is 0 Å². The molecule has 2 unspecified atom stereocenters. The number of hydrogen-bond acceptors (Lipinski definition) is 5. The second-order valence-electron chi connectivity index (χ2n) is 8.54. The number of likely N-dealkylation sites (tertiary alicyclic amines) is 1. The van der Waals surface area contributed by atoms with E-state index in [9.17, 15) is 14.6 Å². The number of aliphatic hydroxyl groups is 1. The number of aliphatic hydroxyl groups excluding tert-OH is 1. The van der Waals surface area contributed by atoms with Crippen LogP contribution in [0.25, 0.3) is 0 Å². The Labute approximate surface area is 194 Å². The van der Waals surface area contributed by atoms with Gasteiger partial charge in [-0.2, -0.15) is 5.26 Å². The van der Waals surface area contributed by atoms with E-state index in [4.69, 9.17) is 10.7 Å². The third-order valence-electron chi connectivity index (χ3n) is 6.14. The molecule has 2 rings (SSSR count). The van der Waals surface area contributed by atoms with E-state index < -0.39 is 16.2 Å². The molecule has 3 N–H and O–H groups in total. The van der Waals surface area contributed by atoms with Crippen LogP contribution in [0.4, 0.5) is 0 Å². The molecule has 0 aromatic carbocycles. The van der Waals surface area contributed by atoms with Gasteiger partial charge >= 0.3 is 0 Å². The molecule has 2 atom stereocenters. The van der Waals surface area contributed by atoms with E-state index >= 15 is 0 Å². The van der Waals surface area contributed by atoms with Crippen molar-refractivity contribution in [3.05, 3.63) is 47.6 Å². The van der Waals surface area contributed by atoms with Crippen LogP contribution in [0, 0.1) is 22.7 Å². The summed E-state index contributed by atoms with van der Waals surface area (Å²) < 4.78 is 12.6. The highest BCUT2D eigenvalue weighted by atomic mass is 32.2. The maximum absolute atomic E-state index is 12.6. The lowest BCUT2D eigenvalue weighted by Crippen LogP contribution is -2.42. The summed E-state index contributed by atoms with van der Waals surface area (Å²) in [5, 5.41) is 19.4. The van der Waals surface area contributed by atoms with Crippen LogP contribution in [0.2, 0.25) is 0 Å². The van der Waals surface area contributed by atoms with Crippen molar-refractivity contribution in [3.8, 4) is 6.07 Å². The van der Waals surface area contributed by atoms with E-state index in [0.717, 1.165) is 11.4 Å². The van der Waals surface area contributed by atoms with Crippen molar-refractivity contribution < 1.29 is 9.32 Å². The Morgan fingerprint density at radius 3 is 2.62 bits per heavy atom. The summed E-state index contributed by atoms with van der Waals surface area (Å²) in [7, 11) is -1.25. The number of nitrogens with two attached hydrogens (primary N) is 1. The summed E-state index contributed by atoms with van der Waals surface area (Å²) in [6, 6.07) is 2.13. The minimum Gasteiger partial charge on any atom is -0.394 e. The lowest BCUT2D eigenvalue weighted by atomic mass is 9.74. The summed E-state index contributed by atoms with van der Waals surface area (Å²) in [4.78, 5) is 11.8. The zero-order valence-electron chi connectivity index (χ0n) is 19.4. The van der Waals surface area contributed by atoms with E-state index in [2.05, 4.69) is 29.1 Å². The molecule has 0 radical (unpaired) electrons. The maximum atomic E-state index is 12.6. The van der Waals surface area contributed by atoms with Crippen molar-refractivity contribution >= 4 is 22.5 Å². The van der Waals surface area contributed by atoms with Gasteiger partial charge in [-0.05, 0) is 31.3 Å². The fourth-order valence-electron chi connectivity index (χ4n) is 3.87. The molecule has 2 aliphatic rings. The molecule has 0 aromatic heterocycles. The van der Waals surface area contributed by atoms with Crippen molar-refractivity contribution in [2.24, 2.45) is 27.1 Å². The normalized spacial score (nSPS) is 23.0. The Hall–Kier alpha value is -2.50. The van der Waals surface area contributed by atoms with Crippen molar-refractivity contribution in [3.63, 3.8) is 0 Å². The number of nitrogens with zero attached hydrogens (tertiary/aromatic N) is 4. The predicted molar refractivity (Wildman–Crippen MR) is 132 cm³/mol. The Balaban J connectivity index is 2.23. The molecule has 1 saturated heterocycles. The van der Waals surface area contributed by atoms with E-state index in [1.54, 1.807) is 12.2 Å². The quantitative estimate of drug-likeness (QED) is 0.330. The van der Waals surface area contributed by atoms with Gasteiger partial charge in [0, 0.05) is 25.3 Å². The molecule has 8 heteroatoms. The molecule has 0 aromatic rings. The monoisotopic (exact) mass is 457 g/mol. The van der Waals surface area contributed by atoms with Crippen LogP contribution < -0.4 is 5.73 Å². The summed E-state index contributed by atoms with van der Waals surface area (Å²) in [5.74, 6) is 1.60. The number of nitriles is 1. The summed E-state index contributed by atoms with van der Waals surface area (Å²) in [6.07, 6.45) is 7.23. The van der Waals surface area contributed by atoms with Crippen LogP contribution in [0.3, 0.4) is 0 Å². The first-order valence-electron chi connectivity index (χ1n) is 10.9. The Morgan fingerprint density at radius 1 is 1.44 bits per heavy atom. The zero-order valence-corrected chi connectivity index (χ0v) is 20.2. The van der Waals surface area contributed by atoms with Crippen LogP contribution in [-0.2, 0) is 10.8 Å². The first kappa shape index (κ1) is 25.8. The number of piperidine rings is 1. The summed E-state index contributed by atoms with van der Waals surface area (Å²) in [5.41, 5.74) is 7.12. The number of aliphatic imine (C=N–C) groups is 2. The van der Waals surface area contributed by atoms with Gasteiger partial charge in [0.25, 0.3) is 0 Å². The van der Waals surface area contributed by atoms with Crippen LogP contribution in [0.1, 0.15) is 40.0 Å². The predicted octanol–water partition coefficient (Wildman–Crippen LogP) is 3.05. The van der Waals surface area contributed by atoms with E-state index in [1.807, 2.05) is 26.8 Å². The first-order chi connectivity index (χ1) is 15.2. The largest absolute Gasteiger partial charge is 0.394 e. The van der Waals surface area contributed by atoms with Gasteiger partial charge in [-0.25, -0.2) is 4.99 Å². The molecule has 0 amide bonds. The average Bonchev–Trinajstić information content (AvgIpc) is 3.15. The van der Waals surface area contributed by atoms with Crippen LogP contribution in [0.15, 0.2) is 57.5 Å². The SMILES string of the molecule is C=C/C=C\C(=C)C1(C#N)CCN(C(C)=NC2=C(C(N)=NC(CO)C(C)C)S(=O)CC2)CC1. The van der Waals surface area contributed by atoms with Crippen LogP contribution >= 0.6 is 0 Å². The number of hydrogen-bond donors (Lipinski definition) is 2. The lowest BCUT2D eigenvalue weighted by molar-refractivity contribution is 0.240. The van der Waals surface area contributed by atoms with E-state index in [1.165, 1.54) is 0 Å². The van der Waals surface area contributed by atoms with Gasteiger partial charge in [0.1, 0.15) is 16.6 Å². The third kappa shape index (κ3) is 5.84. The fraction of sp³-hybridized carbons (Fsp3) is 0.542. The van der Waals surface area contributed by atoms with Crippen molar-refractivity contribution in [1.82, 2.24) is 4.90 Å². The Bertz CT molecular complexity index is 915. The molecule has 2 heterocycles. The topological polar surface area (TPSA) is 115 Å². The molecule has 7 nitrogen and oxygen atoms in total. The van der Waals surface area contributed by atoms with Gasteiger partial charge in [-0.15, -0.1) is 0 Å². The first-order valence-corrected chi connectivity index (χ1v) is 12.3. The van der Waals surface area contributed by atoms with Gasteiger partial charge in [-0.3, -0.25) is 9.20 Å². The molecule has 1 fully saturated rings. The van der Waals surface area contributed by atoms with E-state index in [0.29, 0.717) is 48.7 Å². The second-order valence-corrected chi connectivity index (χ2v) is 10.1. The molecule has 32 heavy (non-hydrogen) atoms. The van der Waals surface area contributed by atoms with Crippen molar-refractivity contribution in [2.75, 3.05) is 25.4 Å². The molecule has 0 aliphatic carbocycles. The molecule has 0 spiro atoms.